The van der Waals surface area contributed by atoms with Gasteiger partial charge in [0.15, 0.2) is 0 Å². The number of imidazole rings is 1. The van der Waals surface area contributed by atoms with Gasteiger partial charge in [-0.15, -0.1) is 0 Å². The zero-order valence-corrected chi connectivity index (χ0v) is 9.68. The average molecular weight is 246 g/mol. The summed E-state index contributed by atoms with van der Waals surface area (Å²) >= 11 is 0. The molecule has 2 aromatic rings. The number of nitrogens with two attached hydrogens (primary N) is 1. The number of nitrogens with one attached hydrogen (secondary N) is 3. The van der Waals surface area contributed by atoms with Crippen LogP contribution in [0.5, 0.6) is 0 Å². The molecule has 0 saturated carbocycles. The van der Waals surface area contributed by atoms with Crippen LogP contribution in [0.1, 0.15) is 16.2 Å². The van der Waals surface area contributed by atoms with Gasteiger partial charge in [-0.3, -0.25) is 15.6 Å². The van der Waals surface area contributed by atoms with E-state index in [1.54, 1.807) is 24.7 Å². The highest BCUT2D eigenvalue weighted by atomic mass is 16.1. The van der Waals surface area contributed by atoms with E-state index in [0.717, 1.165) is 5.69 Å². The Morgan fingerprint density at radius 2 is 2.39 bits per heavy atom. The zero-order valence-electron chi connectivity index (χ0n) is 9.68. The van der Waals surface area contributed by atoms with Crippen LogP contribution < -0.4 is 16.6 Å². The third-order valence-corrected chi connectivity index (χ3v) is 2.39. The van der Waals surface area contributed by atoms with E-state index in [4.69, 9.17) is 5.84 Å². The fourth-order valence-electron chi connectivity index (χ4n) is 1.47. The summed E-state index contributed by atoms with van der Waals surface area (Å²) in [5, 5.41) is 2.77. The molecule has 0 aliphatic rings. The summed E-state index contributed by atoms with van der Waals surface area (Å²) in [6.07, 6.45) is 5.55. The van der Waals surface area contributed by atoms with Crippen molar-refractivity contribution in [1.29, 1.82) is 0 Å². The molecule has 2 heterocycles. The van der Waals surface area contributed by atoms with Crippen molar-refractivity contribution in [3.8, 4) is 0 Å². The number of anilines is 1. The van der Waals surface area contributed by atoms with Crippen LogP contribution in [0.15, 0.2) is 30.9 Å². The number of amides is 1. The molecule has 7 heteroatoms. The molecular weight excluding hydrogens is 232 g/mol. The summed E-state index contributed by atoms with van der Waals surface area (Å²) in [5.74, 6) is 5.03. The number of carbonyl (C=O) groups is 1. The standard InChI is InChI=1S/C11H14N6O/c12-17-8-1-3-14-10(5-8)11(18)15-4-2-9-6-13-7-16-9/h1,3,5-7H,2,4,12H2,(H,13,16)(H,14,17)(H,15,18). The molecule has 1 amide bonds. The van der Waals surface area contributed by atoms with E-state index >= 15 is 0 Å². The lowest BCUT2D eigenvalue weighted by Gasteiger charge is -2.05. The molecule has 94 valence electrons. The first-order valence-electron chi connectivity index (χ1n) is 5.47. The maximum absolute atomic E-state index is 11.8. The molecule has 2 rings (SSSR count). The number of H-pyrrole nitrogens is 1. The Labute approximate surface area is 104 Å². The summed E-state index contributed by atoms with van der Waals surface area (Å²) in [5.41, 5.74) is 4.41. The average Bonchev–Trinajstić information content (AvgIpc) is 2.92. The molecule has 0 radical (unpaired) electrons. The van der Waals surface area contributed by atoms with Crippen molar-refractivity contribution < 1.29 is 4.79 Å². The Balaban J connectivity index is 1.87. The summed E-state index contributed by atoms with van der Waals surface area (Å²) in [6, 6.07) is 3.27. The van der Waals surface area contributed by atoms with Gasteiger partial charge in [0.05, 0.1) is 12.0 Å². The van der Waals surface area contributed by atoms with E-state index in [1.807, 2.05) is 0 Å². The number of aromatic amines is 1. The van der Waals surface area contributed by atoms with E-state index < -0.39 is 0 Å². The number of hydrogen-bond acceptors (Lipinski definition) is 5. The van der Waals surface area contributed by atoms with Gasteiger partial charge >= 0.3 is 0 Å². The van der Waals surface area contributed by atoms with E-state index in [1.165, 1.54) is 6.20 Å². The van der Waals surface area contributed by atoms with Gasteiger partial charge < -0.3 is 15.7 Å². The number of aromatic nitrogens is 3. The maximum Gasteiger partial charge on any atom is 0.269 e. The van der Waals surface area contributed by atoms with Crippen molar-refractivity contribution in [3.05, 3.63) is 42.2 Å². The SMILES string of the molecule is NNc1ccnc(C(=O)NCCc2cnc[nH]2)c1. The van der Waals surface area contributed by atoms with Gasteiger partial charge in [0.25, 0.3) is 5.91 Å². The van der Waals surface area contributed by atoms with Crippen molar-refractivity contribution in [2.24, 2.45) is 5.84 Å². The number of rotatable bonds is 5. The van der Waals surface area contributed by atoms with Gasteiger partial charge in [0, 0.05) is 31.1 Å². The summed E-state index contributed by atoms with van der Waals surface area (Å²) < 4.78 is 0. The minimum absolute atomic E-state index is 0.230. The molecule has 0 spiro atoms. The van der Waals surface area contributed by atoms with Crippen molar-refractivity contribution in [2.45, 2.75) is 6.42 Å². The second-order valence-electron chi connectivity index (χ2n) is 3.66. The molecular formula is C11H14N6O. The van der Waals surface area contributed by atoms with Crippen LogP contribution in [0.3, 0.4) is 0 Å². The van der Waals surface area contributed by atoms with E-state index in [0.29, 0.717) is 24.3 Å². The van der Waals surface area contributed by atoms with E-state index in [-0.39, 0.29) is 5.91 Å². The number of carbonyl (C=O) groups excluding carboxylic acids is 1. The predicted octanol–water partition coefficient (Wildman–Crippen LogP) is 0.0628. The quantitative estimate of drug-likeness (QED) is 0.441. The molecule has 0 bridgehead atoms. The van der Waals surface area contributed by atoms with Gasteiger partial charge in [0.1, 0.15) is 5.69 Å². The minimum Gasteiger partial charge on any atom is -0.350 e. The van der Waals surface area contributed by atoms with Gasteiger partial charge in [-0.1, -0.05) is 0 Å². The van der Waals surface area contributed by atoms with Crippen LogP contribution in [0.2, 0.25) is 0 Å². The number of pyridine rings is 1. The molecule has 0 saturated heterocycles. The Bertz CT molecular complexity index is 510. The number of hydrazine groups is 1. The molecule has 0 unspecified atom stereocenters. The first kappa shape index (κ1) is 12.1. The van der Waals surface area contributed by atoms with Crippen LogP contribution in [-0.2, 0) is 6.42 Å². The fourth-order valence-corrected chi connectivity index (χ4v) is 1.47. The Morgan fingerprint density at radius 3 is 3.11 bits per heavy atom. The highest BCUT2D eigenvalue weighted by molar-refractivity contribution is 5.93. The third-order valence-electron chi connectivity index (χ3n) is 2.39. The van der Waals surface area contributed by atoms with Crippen LogP contribution in [-0.4, -0.2) is 27.4 Å². The molecule has 0 atom stereocenters. The molecule has 0 aromatic carbocycles. The molecule has 2 aromatic heterocycles. The molecule has 7 nitrogen and oxygen atoms in total. The molecule has 0 aliphatic carbocycles. The zero-order chi connectivity index (χ0) is 12.8. The smallest absolute Gasteiger partial charge is 0.269 e. The first-order valence-corrected chi connectivity index (χ1v) is 5.47. The predicted molar refractivity (Wildman–Crippen MR) is 66.7 cm³/mol. The fraction of sp³-hybridized carbons (Fsp3) is 0.182. The second-order valence-corrected chi connectivity index (χ2v) is 3.66. The lowest BCUT2D eigenvalue weighted by atomic mass is 10.3. The Morgan fingerprint density at radius 1 is 1.50 bits per heavy atom. The van der Waals surface area contributed by atoms with Gasteiger partial charge in [-0.25, -0.2) is 4.98 Å². The number of hydrogen-bond donors (Lipinski definition) is 4. The highest BCUT2D eigenvalue weighted by Gasteiger charge is 2.07. The van der Waals surface area contributed by atoms with Gasteiger partial charge in [-0.05, 0) is 12.1 Å². The second kappa shape index (κ2) is 5.78. The van der Waals surface area contributed by atoms with E-state index in [9.17, 15) is 4.79 Å². The van der Waals surface area contributed by atoms with Gasteiger partial charge in [-0.2, -0.15) is 0 Å². The topological polar surface area (TPSA) is 109 Å². The van der Waals surface area contributed by atoms with Crippen molar-refractivity contribution in [1.82, 2.24) is 20.3 Å². The van der Waals surface area contributed by atoms with E-state index in [2.05, 4.69) is 25.7 Å². The number of nitrogen functional groups attached to an aromatic ring is 1. The maximum atomic E-state index is 11.8. The monoisotopic (exact) mass is 246 g/mol. The highest BCUT2D eigenvalue weighted by Crippen LogP contribution is 2.05. The van der Waals surface area contributed by atoms with Crippen LogP contribution in [0.25, 0.3) is 0 Å². The third kappa shape index (κ3) is 3.05. The number of nitrogens with zero attached hydrogens (tertiary/aromatic N) is 2. The Kier molecular flexibility index (Phi) is 3.87. The molecule has 18 heavy (non-hydrogen) atoms. The van der Waals surface area contributed by atoms with Crippen molar-refractivity contribution in [3.63, 3.8) is 0 Å². The van der Waals surface area contributed by atoms with Crippen LogP contribution >= 0.6 is 0 Å². The summed E-state index contributed by atoms with van der Waals surface area (Å²) in [7, 11) is 0. The molecule has 5 N–H and O–H groups in total. The normalized spacial score (nSPS) is 10.1. The van der Waals surface area contributed by atoms with Gasteiger partial charge in [0.2, 0.25) is 0 Å². The minimum atomic E-state index is -0.230. The molecule has 0 aliphatic heterocycles. The van der Waals surface area contributed by atoms with Crippen molar-refractivity contribution >= 4 is 11.6 Å². The summed E-state index contributed by atoms with van der Waals surface area (Å²) in [6.45, 7) is 0.517. The largest absolute Gasteiger partial charge is 0.350 e. The van der Waals surface area contributed by atoms with Crippen LogP contribution in [0, 0.1) is 0 Å². The van der Waals surface area contributed by atoms with Crippen molar-refractivity contribution in [2.75, 3.05) is 12.0 Å². The lowest BCUT2D eigenvalue weighted by Crippen LogP contribution is -2.26. The first-order chi connectivity index (χ1) is 8.79. The summed E-state index contributed by atoms with van der Waals surface area (Å²) in [4.78, 5) is 22.6. The Hall–Kier alpha value is -2.41. The lowest BCUT2D eigenvalue weighted by molar-refractivity contribution is 0.0949. The molecule has 0 fully saturated rings. The van der Waals surface area contributed by atoms with Crippen LogP contribution in [0.4, 0.5) is 5.69 Å².